The highest BCUT2D eigenvalue weighted by atomic mass is 32.2. The Labute approximate surface area is 110 Å². The van der Waals surface area contributed by atoms with Gasteiger partial charge >= 0.3 is 5.97 Å². The molecule has 5 nitrogen and oxygen atoms in total. The summed E-state index contributed by atoms with van der Waals surface area (Å²) < 4.78 is 0. The first-order valence-corrected chi connectivity index (χ1v) is 6.56. The van der Waals surface area contributed by atoms with E-state index in [-0.39, 0.29) is 16.9 Å². The molecule has 2 N–H and O–H groups in total. The van der Waals surface area contributed by atoms with Crippen LogP contribution < -0.4 is 5.32 Å². The van der Waals surface area contributed by atoms with Crippen LogP contribution in [-0.4, -0.2) is 33.8 Å². The lowest BCUT2D eigenvalue weighted by Crippen LogP contribution is -2.31. The van der Waals surface area contributed by atoms with Crippen molar-refractivity contribution in [1.82, 2.24) is 10.3 Å². The number of carbonyl (C=O) groups is 2. The van der Waals surface area contributed by atoms with Gasteiger partial charge in [0.25, 0.3) is 0 Å². The molecule has 0 fully saturated rings. The highest BCUT2D eigenvalue weighted by Crippen LogP contribution is 2.23. The quantitative estimate of drug-likeness (QED) is 0.769. The Bertz CT molecular complexity index is 437. The van der Waals surface area contributed by atoms with Gasteiger partial charge in [0.1, 0.15) is 5.69 Å². The third-order valence-corrected chi connectivity index (χ3v) is 3.28. The van der Waals surface area contributed by atoms with Crippen molar-refractivity contribution in [1.29, 1.82) is 0 Å². The normalized spacial score (nSPS) is 11.9. The van der Waals surface area contributed by atoms with Gasteiger partial charge in [-0.3, -0.25) is 4.79 Å². The van der Waals surface area contributed by atoms with E-state index >= 15 is 0 Å². The predicted molar refractivity (Wildman–Crippen MR) is 69.8 cm³/mol. The van der Waals surface area contributed by atoms with Crippen LogP contribution in [0.5, 0.6) is 0 Å². The molecule has 1 aromatic heterocycles. The van der Waals surface area contributed by atoms with Crippen LogP contribution in [-0.2, 0) is 4.79 Å². The van der Waals surface area contributed by atoms with Crippen molar-refractivity contribution in [2.75, 3.05) is 6.54 Å². The second-order valence-electron chi connectivity index (χ2n) is 3.73. The zero-order valence-corrected chi connectivity index (χ0v) is 11.2. The first kappa shape index (κ1) is 14.5. The van der Waals surface area contributed by atoms with Crippen molar-refractivity contribution in [2.24, 2.45) is 0 Å². The van der Waals surface area contributed by atoms with E-state index in [0.29, 0.717) is 6.54 Å². The highest BCUT2D eigenvalue weighted by Gasteiger charge is 2.14. The number of hydrogen-bond donors (Lipinski definition) is 2. The van der Waals surface area contributed by atoms with Crippen LogP contribution in [0.25, 0.3) is 0 Å². The van der Waals surface area contributed by atoms with E-state index < -0.39 is 5.97 Å². The van der Waals surface area contributed by atoms with Gasteiger partial charge in [0, 0.05) is 17.6 Å². The number of aromatic carboxylic acids is 1. The Morgan fingerprint density at radius 3 is 2.89 bits per heavy atom. The van der Waals surface area contributed by atoms with Crippen molar-refractivity contribution in [3.8, 4) is 0 Å². The summed E-state index contributed by atoms with van der Waals surface area (Å²) in [6, 6.07) is 3.16. The summed E-state index contributed by atoms with van der Waals surface area (Å²) in [5, 5.41) is 11.4. The fourth-order valence-corrected chi connectivity index (χ4v) is 2.17. The summed E-state index contributed by atoms with van der Waals surface area (Å²) in [6.45, 7) is 4.43. The van der Waals surface area contributed by atoms with E-state index in [1.165, 1.54) is 24.0 Å². The minimum absolute atomic E-state index is 0.0128. The van der Waals surface area contributed by atoms with Gasteiger partial charge in [-0.15, -0.1) is 11.8 Å². The number of hydrogen-bond acceptors (Lipinski definition) is 4. The topological polar surface area (TPSA) is 79.3 Å². The Hall–Kier alpha value is -1.56. The molecule has 0 radical (unpaired) electrons. The van der Waals surface area contributed by atoms with E-state index in [2.05, 4.69) is 10.3 Å². The van der Waals surface area contributed by atoms with Crippen molar-refractivity contribution in [3.05, 3.63) is 24.0 Å². The van der Waals surface area contributed by atoms with Crippen molar-refractivity contribution < 1.29 is 14.7 Å². The second-order valence-corrected chi connectivity index (χ2v) is 5.15. The molecule has 18 heavy (non-hydrogen) atoms. The molecule has 1 rings (SSSR count). The van der Waals surface area contributed by atoms with Gasteiger partial charge in [0.05, 0.1) is 5.25 Å². The molecule has 6 heteroatoms. The van der Waals surface area contributed by atoms with Crippen LogP contribution in [0.4, 0.5) is 0 Å². The van der Waals surface area contributed by atoms with Crippen LogP contribution in [0.1, 0.15) is 30.8 Å². The van der Waals surface area contributed by atoms with Gasteiger partial charge < -0.3 is 10.4 Å². The molecule has 0 saturated heterocycles. The predicted octanol–water partition coefficient (Wildman–Crippen LogP) is 1.79. The van der Waals surface area contributed by atoms with Gasteiger partial charge in [-0.05, 0) is 25.5 Å². The number of pyridine rings is 1. The lowest BCUT2D eigenvalue weighted by atomic mass is 10.3. The molecule has 1 heterocycles. The maximum absolute atomic E-state index is 11.7. The third-order valence-electron chi connectivity index (χ3n) is 2.18. The van der Waals surface area contributed by atoms with Crippen LogP contribution in [0, 0.1) is 0 Å². The van der Waals surface area contributed by atoms with Gasteiger partial charge in [0.2, 0.25) is 5.91 Å². The zero-order valence-electron chi connectivity index (χ0n) is 10.3. The minimum Gasteiger partial charge on any atom is -0.477 e. The highest BCUT2D eigenvalue weighted by molar-refractivity contribution is 8.00. The SMILES string of the molecule is CCCNC(=O)C(C)Sc1ccnc(C(=O)O)c1. The van der Waals surface area contributed by atoms with Gasteiger partial charge in [-0.1, -0.05) is 6.92 Å². The summed E-state index contributed by atoms with van der Waals surface area (Å²) in [5.74, 6) is -1.11. The minimum atomic E-state index is -1.07. The molecule has 0 aliphatic rings. The molecule has 1 amide bonds. The lowest BCUT2D eigenvalue weighted by molar-refractivity contribution is -0.120. The number of carboxylic acid groups (broad SMARTS) is 1. The Kier molecular flexibility index (Phi) is 5.64. The fourth-order valence-electron chi connectivity index (χ4n) is 1.25. The standard InChI is InChI=1S/C12H16N2O3S/c1-3-5-14-11(15)8(2)18-9-4-6-13-10(7-9)12(16)17/h4,6-8H,3,5H2,1-2H3,(H,14,15)(H,16,17). The largest absolute Gasteiger partial charge is 0.477 e. The van der Waals surface area contributed by atoms with Crippen molar-refractivity contribution in [3.63, 3.8) is 0 Å². The molecule has 0 bridgehead atoms. The average Bonchev–Trinajstić information content (AvgIpc) is 2.36. The first-order chi connectivity index (χ1) is 8.54. The van der Waals surface area contributed by atoms with Crippen LogP contribution in [0.3, 0.4) is 0 Å². The molecule has 1 atom stereocenters. The van der Waals surface area contributed by atoms with E-state index in [4.69, 9.17) is 5.11 Å². The number of thioether (sulfide) groups is 1. The molecular formula is C12H16N2O3S. The van der Waals surface area contributed by atoms with Crippen molar-refractivity contribution >= 4 is 23.6 Å². The summed E-state index contributed by atoms with van der Waals surface area (Å²) in [4.78, 5) is 26.9. The smallest absolute Gasteiger partial charge is 0.354 e. The number of carboxylic acids is 1. The van der Waals surface area contributed by atoms with E-state index in [1.54, 1.807) is 13.0 Å². The van der Waals surface area contributed by atoms with E-state index in [1.807, 2.05) is 6.92 Å². The molecule has 0 aliphatic carbocycles. The molecule has 1 unspecified atom stereocenters. The van der Waals surface area contributed by atoms with E-state index in [0.717, 1.165) is 11.3 Å². The molecule has 1 aromatic rings. The lowest BCUT2D eigenvalue weighted by Gasteiger charge is -2.11. The van der Waals surface area contributed by atoms with Gasteiger partial charge in [0.15, 0.2) is 0 Å². The summed E-state index contributed by atoms with van der Waals surface area (Å²) in [5.41, 5.74) is -0.0128. The third kappa shape index (κ3) is 4.37. The maximum atomic E-state index is 11.7. The van der Waals surface area contributed by atoms with Crippen LogP contribution in [0.15, 0.2) is 23.2 Å². The van der Waals surface area contributed by atoms with E-state index in [9.17, 15) is 9.59 Å². The Balaban J connectivity index is 2.63. The number of aromatic nitrogens is 1. The van der Waals surface area contributed by atoms with Gasteiger partial charge in [-0.2, -0.15) is 0 Å². The molecular weight excluding hydrogens is 252 g/mol. The molecule has 0 aliphatic heterocycles. The summed E-state index contributed by atoms with van der Waals surface area (Å²) in [7, 11) is 0. The number of rotatable bonds is 6. The first-order valence-electron chi connectivity index (χ1n) is 5.68. The van der Waals surface area contributed by atoms with Crippen LogP contribution >= 0.6 is 11.8 Å². The molecule has 0 saturated carbocycles. The molecule has 0 spiro atoms. The number of nitrogens with zero attached hydrogens (tertiary/aromatic N) is 1. The summed E-state index contributed by atoms with van der Waals surface area (Å²) in [6.07, 6.45) is 2.32. The molecule has 98 valence electrons. The fraction of sp³-hybridized carbons (Fsp3) is 0.417. The number of amides is 1. The Morgan fingerprint density at radius 2 is 2.28 bits per heavy atom. The monoisotopic (exact) mass is 268 g/mol. The zero-order chi connectivity index (χ0) is 13.5. The average molecular weight is 268 g/mol. The summed E-state index contributed by atoms with van der Waals surface area (Å²) >= 11 is 1.32. The number of carbonyl (C=O) groups excluding carboxylic acids is 1. The second kappa shape index (κ2) is 7.00. The van der Waals surface area contributed by atoms with Crippen molar-refractivity contribution in [2.45, 2.75) is 30.4 Å². The van der Waals surface area contributed by atoms with Gasteiger partial charge in [-0.25, -0.2) is 9.78 Å². The number of nitrogens with one attached hydrogen (secondary N) is 1. The maximum Gasteiger partial charge on any atom is 0.354 e. The molecule has 0 aromatic carbocycles. The Morgan fingerprint density at radius 1 is 1.56 bits per heavy atom. The van der Waals surface area contributed by atoms with Crippen LogP contribution in [0.2, 0.25) is 0 Å².